The van der Waals surface area contributed by atoms with E-state index >= 15 is 0 Å². The van der Waals surface area contributed by atoms with Gasteiger partial charge in [0.15, 0.2) is 0 Å². The van der Waals surface area contributed by atoms with Crippen molar-refractivity contribution >= 4 is 47.8 Å². The van der Waals surface area contributed by atoms with E-state index in [9.17, 15) is 0 Å². The SMILES string of the molecule is CCOc1ccc(C)cc1C(Br)c1cc(Br)ccc1Br. The highest BCUT2D eigenvalue weighted by atomic mass is 79.9. The van der Waals surface area contributed by atoms with Gasteiger partial charge in [0.1, 0.15) is 5.75 Å². The first-order chi connectivity index (χ1) is 9.52. The van der Waals surface area contributed by atoms with Gasteiger partial charge >= 0.3 is 0 Å². The Morgan fingerprint density at radius 3 is 2.50 bits per heavy atom. The van der Waals surface area contributed by atoms with Gasteiger partial charge in [-0.3, -0.25) is 0 Å². The summed E-state index contributed by atoms with van der Waals surface area (Å²) >= 11 is 10.9. The molecule has 0 aliphatic carbocycles. The van der Waals surface area contributed by atoms with Crippen molar-refractivity contribution in [2.24, 2.45) is 0 Å². The molecule has 0 aliphatic heterocycles. The Morgan fingerprint density at radius 2 is 1.80 bits per heavy atom. The third-order valence-electron chi connectivity index (χ3n) is 2.97. The van der Waals surface area contributed by atoms with Gasteiger partial charge in [-0.25, -0.2) is 0 Å². The van der Waals surface area contributed by atoms with E-state index in [2.05, 4.69) is 72.9 Å². The third-order valence-corrected chi connectivity index (χ3v) is 5.17. The average Bonchev–Trinajstić information content (AvgIpc) is 2.43. The summed E-state index contributed by atoms with van der Waals surface area (Å²) in [6.45, 7) is 4.76. The second-order valence-corrected chi connectivity index (χ2v) is 7.19. The van der Waals surface area contributed by atoms with Crippen LogP contribution in [0, 0.1) is 6.92 Å². The summed E-state index contributed by atoms with van der Waals surface area (Å²) in [6, 6.07) is 12.5. The molecule has 0 N–H and O–H groups in total. The second-order valence-electron chi connectivity index (χ2n) is 4.50. The predicted octanol–water partition coefficient (Wildman–Crippen LogP) is 6.40. The van der Waals surface area contributed by atoms with Crippen molar-refractivity contribution in [1.82, 2.24) is 0 Å². The molecule has 0 heterocycles. The molecular formula is C16H15Br3O. The normalized spacial score (nSPS) is 12.2. The fourth-order valence-corrected chi connectivity index (χ4v) is 3.93. The molecule has 1 atom stereocenters. The van der Waals surface area contributed by atoms with E-state index in [0.29, 0.717) is 6.61 Å². The lowest BCUT2D eigenvalue weighted by atomic mass is 10.0. The monoisotopic (exact) mass is 460 g/mol. The molecule has 0 saturated carbocycles. The summed E-state index contributed by atoms with van der Waals surface area (Å²) in [4.78, 5) is 0.0795. The van der Waals surface area contributed by atoms with Crippen LogP contribution < -0.4 is 4.74 Å². The van der Waals surface area contributed by atoms with Crippen molar-refractivity contribution in [1.29, 1.82) is 0 Å². The molecule has 0 spiro atoms. The van der Waals surface area contributed by atoms with Crippen LogP contribution in [0.15, 0.2) is 45.3 Å². The van der Waals surface area contributed by atoms with Crippen LogP contribution in [0.2, 0.25) is 0 Å². The predicted molar refractivity (Wildman–Crippen MR) is 95.0 cm³/mol. The topological polar surface area (TPSA) is 9.23 Å². The van der Waals surface area contributed by atoms with E-state index in [0.717, 1.165) is 20.3 Å². The molecule has 1 nitrogen and oxygen atoms in total. The molecule has 0 radical (unpaired) electrons. The standard InChI is InChI=1S/C16H15Br3O/c1-3-20-15-7-4-10(2)8-13(15)16(19)12-9-11(17)5-6-14(12)18/h4-9,16H,3H2,1-2H3. The van der Waals surface area contributed by atoms with E-state index < -0.39 is 0 Å². The second kappa shape index (κ2) is 7.10. The van der Waals surface area contributed by atoms with Gasteiger partial charge in [-0.05, 0) is 43.7 Å². The Hall–Kier alpha value is -0.320. The van der Waals surface area contributed by atoms with Crippen LogP contribution in [-0.4, -0.2) is 6.61 Å². The largest absolute Gasteiger partial charge is 0.494 e. The van der Waals surface area contributed by atoms with E-state index in [1.807, 2.05) is 25.1 Å². The summed E-state index contributed by atoms with van der Waals surface area (Å²) in [5.74, 6) is 0.923. The molecule has 2 aromatic rings. The van der Waals surface area contributed by atoms with Crippen LogP contribution in [-0.2, 0) is 0 Å². The molecule has 0 aliphatic rings. The zero-order chi connectivity index (χ0) is 14.7. The van der Waals surface area contributed by atoms with Gasteiger partial charge in [0, 0.05) is 14.5 Å². The van der Waals surface area contributed by atoms with Crippen molar-refractivity contribution in [2.45, 2.75) is 18.7 Å². The van der Waals surface area contributed by atoms with Crippen molar-refractivity contribution in [2.75, 3.05) is 6.61 Å². The average molecular weight is 463 g/mol. The number of alkyl halides is 1. The van der Waals surface area contributed by atoms with Crippen LogP contribution in [0.1, 0.15) is 28.4 Å². The zero-order valence-corrected chi connectivity index (χ0v) is 16.0. The van der Waals surface area contributed by atoms with Crippen LogP contribution in [0.4, 0.5) is 0 Å². The Balaban J connectivity index is 2.49. The lowest BCUT2D eigenvalue weighted by Gasteiger charge is -2.18. The first-order valence-electron chi connectivity index (χ1n) is 6.35. The van der Waals surface area contributed by atoms with Crippen LogP contribution in [0.25, 0.3) is 0 Å². The Labute approximate surface area is 145 Å². The first kappa shape index (κ1) is 16.1. The lowest BCUT2D eigenvalue weighted by molar-refractivity contribution is 0.337. The number of benzene rings is 2. The van der Waals surface area contributed by atoms with Gasteiger partial charge in [-0.2, -0.15) is 0 Å². The Kier molecular flexibility index (Phi) is 5.70. The summed E-state index contributed by atoms with van der Waals surface area (Å²) in [6.07, 6.45) is 0. The Morgan fingerprint density at radius 1 is 1.05 bits per heavy atom. The van der Waals surface area contributed by atoms with Crippen molar-refractivity contribution in [3.63, 3.8) is 0 Å². The van der Waals surface area contributed by atoms with Crippen LogP contribution in [0.5, 0.6) is 5.75 Å². The molecule has 0 bridgehead atoms. The number of aryl methyl sites for hydroxylation is 1. The molecule has 1 unspecified atom stereocenters. The number of hydrogen-bond donors (Lipinski definition) is 0. The molecule has 0 fully saturated rings. The maximum absolute atomic E-state index is 5.75. The summed E-state index contributed by atoms with van der Waals surface area (Å²) < 4.78 is 7.88. The Bertz CT molecular complexity index is 611. The summed E-state index contributed by atoms with van der Waals surface area (Å²) in [5, 5.41) is 0. The number of rotatable bonds is 4. The minimum atomic E-state index is 0.0795. The van der Waals surface area contributed by atoms with Gasteiger partial charge in [0.25, 0.3) is 0 Å². The van der Waals surface area contributed by atoms with Crippen molar-refractivity contribution in [3.8, 4) is 5.75 Å². The highest BCUT2D eigenvalue weighted by Crippen LogP contribution is 2.41. The molecule has 2 rings (SSSR count). The highest BCUT2D eigenvalue weighted by molar-refractivity contribution is 9.11. The van der Waals surface area contributed by atoms with Gasteiger partial charge in [0.05, 0.1) is 11.4 Å². The van der Waals surface area contributed by atoms with Crippen LogP contribution >= 0.6 is 47.8 Å². The zero-order valence-electron chi connectivity index (χ0n) is 11.3. The smallest absolute Gasteiger partial charge is 0.123 e. The van der Waals surface area contributed by atoms with Gasteiger partial charge < -0.3 is 4.74 Å². The molecule has 0 amide bonds. The minimum absolute atomic E-state index is 0.0795. The number of halogens is 3. The van der Waals surface area contributed by atoms with E-state index in [4.69, 9.17) is 4.74 Å². The van der Waals surface area contributed by atoms with Crippen molar-refractivity contribution < 1.29 is 4.74 Å². The fraction of sp³-hybridized carbons (Fsp3) is 0.250. The summed E-state index contributed by atoms with van der Waals surface area (Å²) in [7, 11) is 0. The molecular weight excluding hydrogens is 448 g/mol. The summed E-state index contributed by atoms with van der Waals surface area (Å²) in [5.41, 5.74) is 3.54. The van der Waals surface area contributed by atoms with Gasteiger partial charge in [-0.1, -0.05) is 65.5 Å². The maximum Gasteiger partial charge on any atom is 0.123 e. The van der Waals surface area contributed by atoms with Gasteiger partial charge in [-0.15, -0.1) is 0 Å². The third kappa shape index (κ3) is 3.66. The first-order valence-corrected chi connectivity index (χ1v) is 8.85. The van der Waals surface area contributed by atoms with E-state index in [1.165, 1.54) is 11.1 Å². The van der Waals surface area contributed by atoms with Crippen LogP contribution in [0.3, 0.4) is 0 Å². The molecule has 0 saturated heterocycles. The maximum atomic E-state index is 5.75. The quantitative estimate of drug-likeness (QED) is 0.477. The van der Waals surface area contributed by atoms with Crippen molar-refractivity contribution in [3.05, 3.63) is 62.0 Å². The number of hydrogen-bond acceptors (Lipinski definition) is 1. The molecule has 0 aromatic heterocycles. The minimum Gasteiger partial charge on any atom is -0.494 e. The molecule has 106 valence electrons. The number of ether oxygens (including phenoxy) is 1. The molecule has 2 aromatic carbocycles. The molecule has 4 heteroatoms. The lowest BCUT2D eigenvalue weighted by Crippen LogP contribution is -2.01. The van der Waals surface area contributed by atoms with E-state index in [-0.39, 0.29) is 4.83 Å². The fourth-order valence-electron chi connectivity index (χ4n) is 2.03. The molecule has 20 heavy (non-hydrogen) atoms. The highest BCUT2D eigenvalue weighted by Gasteiger charge is 2.18. The van der Waals surface area contributed by atoms with Gasteiger partial charge in [0.2, 0.25) is 0 Å². The van der Waals surface area contributed by atoms with E-state index in [1.54, 1.807) is 0 Å².